The van der Waals surface area contributed by atoms with Gasteiger partial charge in [0.15, 0.2) is 11.5 Å². The zero-order valence-electron chi connectivity index (χ0n) is 36.4. The topological polar surface area (TPSA) is 88.9 Å². The minimum Gasteiger partial charge on any atom is -0.493 e. The Morgan fingerprint density at radius 1 is 0.619 bits per heavy atom. The number of hydrogen-bond donors (Lipinski definition) is 0. The van der Waals surface area contributed by atoms with Crippen LogP contribution in [0.5, 0.6) is 11.5 Å². The molecule has 63 heavy (non-hydrogen) atoms. The van der Waals surface area contributed by atoms with Crippen molar-refractivity contribution in [1.29, 1.82) is 0 Å². The second-order valence-electron chi connectivity index (χ2n) is 17.5. The van der Waals surface area contributed by atoms with E-state index in [0.717, 1.165) is 90.8 Å². The third-order valence-electron chi connectivity index (χ3n) is 13.8. The van der Waals surface area contributed by atoms with E-state index in [1.165, 1.54) is 61.2 Å². The first-order valence-corrected chi connectivity index (χ1v) is 22.3. The van der Waals surface area contributed by atoms with E-state index in [1.807, 2.05) is 12.3 Å². The van der Waals surface area contributed by atoms with Crippen molar-refractivity contribution in [3.63, 3.8) is 0 Å². The van der Waals surface area contributed by atoms with Gasteiger partial charge in [-0.1, -0.05) is 105 Å². The normalized spacial score (nSPS) is 18.7. The van der Waals surface area contributed by atoms with Gasteiger partial charge in [-0.3, -0.25) is 4.99 Å². The molecule has 0 N–H and O–H groups in total. The molecule has 6 aliphatic rings. The van der Waals surface area contributed by atoms with Gasteiger partial charge in [0, 0.05) is 31.3 Å². The quantitative estimate of drug-likeness (QED) is 0.157. The van der Waals surface area contributed by atoms with Crippen LogP contribution in [0, 0.1) is 0 Å². The lowest BCUT2D eigenvalue weighted by atomic mass is 9.87. The Labute approximate surface area is 369 Å². The summed E-state index contributed by atoms with van der Waals surface area (Å²) in [5, 5.41) is 0. The van der Waals surface area contributed by atoms with Crippen LogP contribution in [0.15, 0.2) is 126 Å². The summed E-state index contributed by atoms with van der Waals surface area (Å²) in [4.78, 5) is 27.9. The molecule has 2 atom stereocenters. The zero-order valence-corrected chi connectivity index (χ0v) is 36.4. The van der Waals surface area contributed by atoms with Crippen LogP contribution in [0.4, 0.5) is 11.6 Å². The Bertz CT molecular complexity index is 2890. The highest BCUT2D eigenvalue weighted by Gasteiger charge is 2.39. The van der Waals surface area contributed by atoms with E-state index in [1.54, 1.807) is 26.9 Å². The second-order valence-corrected chi connectivity index (χ2v) is 17.5. The maximum atomic E-state index is 5.66. The predicted octanol–water partition coefficient (Wildman–Crippen LogP) is 10.5. The minimum atomic E-state index is 0.0824. The minimum absolute atomic E-state index is 0.0824. The third kappa shape index (κ3) is 6.72. The Hall–Kier alpha value is -6.87. The molecule has 0 saturated carbocycles. The molecular weight excluding hydrogens is 779 g/mol. The lowest BCUT2D eigenvalue weighted by Gasteiger charge is -2.39. The van der Waals surface area contributed by atoms with Crippen LogP contribution < -0.4 is 19.3 Å². The van der Waals surface area contributed by atoms with E-state index in [4.69, 9.17) is 19.4 Å². The third-order valence-corrected chi connectivity index (χ3v) is 13.8. The molecule has 3 aliphatic heterocycles. The molecule has 9 nitrogen and oxygen atoms in total. The Kier molecular flexibility index (Phi) is 9.98. The van der Waals surface area contributed by atoms with E-state index >= 15 is 0 Å². The van der Waals surface area contributed by atoms with Gasteiger partial charge in [0.1, 0.15) is 24.3 Å². The van der Waals surface area contributed by atoms with Gasteiger partial charge in [-0.15, -0.1) is 0 Å². The zero-order chi connectivity index (χ0) is 42.6. The highest BCUT2D eigenvalue weighted by molar-refractivity contribution is 5.91. The van der Waals surface area contributed by atoms with Crippen LogP contribution in [-0.2, 0) is 25.8 Å². The molecule has 9 heteroatoms. The standard InChI is InChI=1S/C27H26N4.C27H25N3O2/c1-17(2)18-7-9-19(10-8-18)26-23-13-20-5-3-4-6-21(20)22(23)11-12-31(26)27-24-14-28-15-25(24)29-16-30-27;1-31-24-11-10-18(15-25(24)32-2)26-22-14-17-6-3-4-7-19(17)20(22)12-13-30(26)27-21-8-5-9-23(21)28-16-29-27/h3-10,14,16-17,26H,11-13,15H2,1-2H3;3-8,10-11,15-16,26H,9,12-14H2,1-2H3. The molecule has 6 aromatic rings. The van der Waals surface area contributed by atoms with Gasteiger partial charge >= 0.3 is 0 Å². The smallest absolute Gasteiger partial charge is 0.161 e. The first kappa shape index (κ1) is 39.0. The Balaban J connectivity index is 0.000000141. The average molecular weight is 830 g/mol. The van der Waals surface area contributed by atoms with Crippen LogP contribution in [-0.4, -0.2) is 53.5 Å². The van der Waals surface area contributed by atoms with Crippen LogP contribution in [0.1, 0.15) is 106 Å². The average Bonchev–Trinajstić information content (AvgIpc) is 4.16. The fraction of sp³-hybridized carbons (Fsp3) is 0.278. The van der Waals surface area contributed by atoms with Crippen molar-refractivity contribution in [2.75, 3.05) is 37.1 Å². The monoisotopic (exact) mass is 829 g/mol. The van der Waals surface area contributed by atoms with Gasteiger partial charge in [0.2, 0.25) is 0 Å². The first-order chi connectivity index (χ1) is 31.0. The van der Waals surface area contributed by atoms with Crippen LogP contribution >= 0.6 is 0 Å². The van der Waals surface area contributed by atoms with E-state index in [2.05, 4.69) is 136 Å². The molecule has 0 fully saturated rings. The van der Waals surface area contributed by atoms with E-state index in [0.29, 0.717) is 12.5 Å². The molecule has 2 unspecified atom stereocenters. The molecule has 314 valence electrons. The van der Waals surface area contributed by atoms with Gasteiger partial charge < -0.3 is 19.3 Å². The van der Waals surface area contributed by atoms with Crippen molar-refractivity contribution >= 4 is 35.1 Å². The molecular formula is C54H51N7O2. The summed E-state index contributed by atoms with van der Waals surface area (Å²) < 4.78 is 11.2. The van der Waals surface area contributed by atoms with Crippen molar-refractivity contribution in [2.24, 2.45) is 4.99 Å². The van der Waals surface area contributed by atoms with Gasteiger partial charge in [-0.2, -0.15) is 0 Å². The number of allylic oxidation sites excluding steroid dienone is 1. The highest BCUT2D eigenvalue weighted by atomic mass is 16.5. The van der Waals surface area contributed by atoms with Crippen LogP contribution in [0.25, 0.3) is 17.2 Å². The SMILES string of the molecule is CC(C)c1ccc(C2C3=C(CCN2c2ncnc4c2C=NC4)c2ccccc2C3)cc1.COc1ccc(C2C3=C(CCN2c2ncnc4c2C=CC4)c2ccccc2C3)cc1OC. The molecule has 12 rings (SSSR count). The first-order valence-electron chi connectivity index (χ1n) is 22.3. The number of aromatic nitrogens is 4. The second kappa shape index (κ2) is 16.1. The largest absolute Gasteiger partial charge is 0.493 e. The summed E-state index contributed by atoms with van der Waals surface area (Å²) in [6, 6.07) is 33.5. The Morgan fingerprint density at radius 3 is 1.84 bits per heavy atom. The van der Waals surface area contributed by atoms with Crippen molar-refractivity contribution in [3.05, 3.63) is 182 Å². The predicted molar refractivity (Wildman–Crippen MR) is 252 cm³/mol. The van der Waals surface area contributed by atoms with Crippen molar-refractivity contribution < 1.29 is 9.47 Å². The molecule has 0 amide bonds. The number of fused-ring (bicyclic) bond motifs is 6. The van der Waals surface area contributed by atoms with Crippen molar-refractivity contribution in [2.45, 2.75) is 70.5 Å². The summed E-state index contributed by atoms with van der Waals surface area (Å²) in [6.45, 7) is 7.01. The van der Waals surface area contributed by atoms with Crippen LogP contribution in [0.3, 0.4) is 0 Å². The van der Waals surface area contributed by atoms with E-state index in [9.17, 15) is 0 Å². The highest BCUT2D eigenvalue weighted by Crippen LogP contribution is 2.51. The molecule has 4 aromatic carbocycles. The summed E-state index contributed by atoms with van der Waals surface area (Å²) in [7, 11) is 3.37. The summed E-state index contributed by atoms with van der Waals surface area (Å²) in [5.41, 5.74) is 20.0. The summed E-state index contributed by atoms with van der Waals surface area (Å²) in [5.74, 6) is 4.07. The molecule has 0 spiro atoms. The van der Waals surface area contributed by atoms with Crippen molar-refractivity contribution in [1.82, 2.24) is 19.9 Å². The number of aliphatic imine (C=N–C) groups is 1. The molecule has 3 aliphatic carbocycles. The van der Waals surface area contributed by atoms with Crippen molar-refractivity contribution in [3.8, 4) is 11.5 Å². The number of rotatable bonds is 7. The molecule has 5 heterocycles. The molecule has 2 aromatic heterocycles. The van der Waals surface area contributed by atoms with Crippen LogP contribution in [0.2, 0.25) is 0 Å². The summed E-state index contributed by atoms with van der Waals surface area (Å²) >= 11 is 0. The molecule has 0 bridgehead atoms. The van der Waals surface area contributed by atoms with E-state index in [-0.39, 0.29) is 12.1 Å². The maximum absolute atomic E-state index is 5.66. The Morgan fingerprint density at radius 2 is 1.21 bits per heavy atom. The number of ether oxygens (including phenoxy) is 2. The molecule has 0 saturated heterocycles. The van der Waals surface area contributed by atoms with Gasteiger partial charge in [-0.05, 0) is 105 Å². The lowest BCUT2D eigenvalue weighted by Crippen LogP contribution is -2.36. The number of anilines is 2. The molecule has 0 radical (unpaired) electrons. The van der Waals surface area contributed by atoms with Gasteiger partial charge in [0.05, 0.1) is 49.8 Å². The number of hydrogen-bond acceptors (Lipinski definition) is 9. The number of nitrogens with zero attached hydrogens (tertiary/aromatic N) is 7. The summed E-state index contributed by atoms with van der Waals surface area (Å²) in [6.07, 6.45) is 14.6. The number of methoxy groups -OCH3 is 2. The number of benzene rings is 4. The maximum Gasteiger partial charge on any atom is 0.161 e. The fourth-order valence-corrected chi connectivity index (χ4v) is 10.8. The fourth-order valence-electron chi connectivity index (χ4n) is 10.8. The van der Waals surface area contributed by atoms with Gasteiger partial charge in [0.25, 0.3) is 0 Å². The lowest BCUT2D eigenvalue weighted by molar-refractivity contribution is 0.354. The van der Waals surface area contributed by atoms with Gasteiger partial charge in [-0.25, -0.2) is 19.9 Å². The van der Waals surface area contributed by atoms with E-state index < -0.39 is 0 Å².